The summed E-state index contributed by atoms with van der Waals surface area (Å²) in [5.74, 6) is -1.79. The molecule has 1 fully saturated rings. The van der Waals surface area contributed by atoms with Crippen LogP contribution in [0.15, 0.2) is 35.3 Å². The number of nitrogens with one attached hydrogen (secondary N) is 2. The number of aliphatic imine (C=N–C) groups is 1. The molecule has 2 rings (SSSR count). The molecule has 146 valence electrons. The van der Waals surface area contributed by atoms with Crippen LogP contribution in [-0.2, 0) is 16.1 Å². The van der Waals surface area contributed by atoms with E-state index in [4.69, 9.17) is 11.5 Å². The standard InChI is InChI=1S/C17H26BN5O4/c19-16(20)21-10-4-7-13(18(26)27)23-15(25)17(8-9-17)14(24)22-11-12-5-2-1-3-6-12/h1-3,5-6,13,26-27H,4,7-11H2,(H,22,24)(H,23,25)(H4,19,20,21)/t13-/m0/s1. The fraction of sp³-hybridized carbons (Fsp3) is 0.471. The summed E-state index contributed by atoms with van der Waals surface area (Å²) in [6.45, 7) is 0.642. The largest absolute Gasteiger partial charge is 0.475 e. The smallest absolute Gasteiger partial charge is 0.426 e. The summed E-state index contributed by atoms with van der Waals surface area (Å²) in [6, 6.07) is 9.39. The van der Waals surface area contributed by atoms with E-state index in [0.717, 1.165) is 5.56 Å². The second kappa shape index (κ2) is 9.38. The van der Waals surface area contributed by atoms with Gasteiger partial charge in [-0.2, -0.15) is 0 Å². The van der Waals surface area contributed by atoms with Crippen LogP contribution in [0.4, 0.5) is 0 Å². The monoisotopic (exact) mass is 375 g/mol. The van der Waals surface area contributed by atoms with Crippen molar-refractivity contribution in [3.8, 4) is 0 Å². The molecule has 0 bridgehead atoms. The number of hydrogen-bond donors (Lipinski definition) is 6. The molecule has 0 spiro atoms. The Morgan fingerprint density at radius 3 is 2.41 bits per heavy atom. The van der Waals surface area contributed by atoms with Crippen molar-refractivity contribution in [1.29, 1.82) is 0 Å². The normalized spacial score (nSPS) is 15.3. The number of benzene rings is 1. The minimum Gasteiger partial charge on any atom is -0.426 e. The molecule has 1 aliphatic rings. The number of amides is 2. The molecule has 1 aromatic rings. The van der Waals surface area contributed by atoms with Crippen LogP contribution in [0.2, 0.25) is 0 Å². The van der Waals surface area contributed by atoms with Crippen molar-refractivity contribution in [3.63, 3.8) is 0 Å². The van der Waals surface area contributed by atoms with Crippen molar-refractivity contribution >= 4 is 24.9 Å². The van der Waals surface area contributed by atoms with E-state index in [1.807, 2.05) is 30.3 Å². The molecular weight excluding hydrogens is 349 g/mol. The first kappa shape index (κ1) is 20.7. The van der Waals surface area contributed by atoms with Gasteiger partial charge in [-0.15, -0.1) is 0 Å². The Hall–Kier alpha value is -2.59. The van der Waals surface area contributed by atoms with Crippen molar-refractivity contribution in [2.24, 2.45) is 21.9 Å². The molecule has 0 saturated heterocycles. The quantitative estimate of drug-likeness (QED) is 0.0972. The Labute approximate surface area is 158 Å². The summed E-state index contributed by atoms with van der Waals surface area (Å²) in [5.41, 5.74) is 10.3. The van der Waals surface area contributed by atoms with E-state index in [0.29, 0.717) is 32.4 Å². The van der Waals surface area contributed by atoms with Gasteiger partial charge in [-0.1, -0.05) is 30.3 Å². The van der Waals surface area contributed by atoms with Crippen molar-refractivity contribution in [2.45, 2.75) is 38.2 Å². The maximum absolute atomic E-state index is 12.6. The zero-order valence-electron chi connectivity index (χ0n) is 15.1. The number of nitrogens with two attached hydrogens (primary N) is 2. The lowest BCUT2D eigenvalue weighted by Crippen LogP contribution is -2.51. The number of guanidine groups is 1. The van der Waals surface area contributed by atoms with E-state index in [2.05, 4.69) is 15.6 Å². The van der Waals surface area contributed by atoms with Crippen molar-refractivity contribution in [3.05, 3.63) is 35.9 Å². The van der Waals surface area contributed by atoms with Gasteiger partial charge < -0.3 is 32.1 Å². The average molecular weight is 375 g/mol. The lowest BCUT2D eigenvalue weighted by Gasteiger charge is -2.21. The highest BCUT2D eigenvalue weighted by atomic mass is 16.4. The van der Waals surface area contributed by atoms with Gasteiger partial charge in [-0.05, 0) is 31.2 Å². The molecular formula is C17H26BN5O4. The first-order valence-electron chi connectivity index (χ1n) is 8.90. The number of hydrogen-bond acceptors (Lipinski definition) is 5. The van der Waals surface area contributed by atoms with Crippen molar-refractivity contribution in [1.82, 2.24) is 10.6 Å². The molecule has 9 nitrogen and oxygen atoms in total. The van der Waals surface area contributed by atoms with Crippen LogP contribution in [0, 0.1) is 5.41 Å². The third kappa shape index (κ3) is 5.97. The number of rotatable bonds is 10. The maximum Gasteiger partial charge on any atom is 0.475 e. The summed E-state index contributed by atoms with van der Waals surface area (Å²) >= 11 is 0. The molecule has 0 unspecified atom stereocenters. The molecule has 2 amide bonds. The second-order valence-electron chi connectivity index (χ2n) is 6.69. The van der Waals surface area contributed by atoms with Gasteiger partial charge in [0.15, 0.2) is 5.96 Å². The van der Waals surface area contributed by atoms with Gasteiger partial charge in [-0.25, -0.2) is 0 Å². The van der Waals surface area contributed by atoms with Crippen LogP contribution in [0.3, 0.4) is 0 Å². The minimum absolute atomic E-state index is 0.0489. The van der Waals surface area contributed by atoms with Gasteiger partial charge in [-0.3, -0.25) is 14.6 Å². The Kier molecular flexibility index (Phi) is 7.20. The predicted octanol–water partition coefficient (Wildman–Crippen LogP) is -1.37. The van der Waals surface area contributed by atoms with E-state index in [-0.39, 0.29) is 18.3 Å². The zero-order chi connectivity index (χ0) is 19.9. The first-order chi connectivity index (χ1) is 12.8. The van der Waals surface area contributed by atoms with Gasteiger partial charge in [0.05, 0.1) is 5.94 Å². The molecule has 1 aromatic carbocycles. The van der Waals surface area contributed by atoms with Crippen LogP contribution >= 0.6 is 0 Å². The topological polar surface area (TPSA) is 163 Å². The summed E-state index contributed by atoms with van der Waals surface area (Å²) in [4.78, 5) is 28.9. The fourth-order valence-corrected chi connectivity index (χ4v) is 2.75. The van der Waals surface area contributed by atoms with Crippen LogP contribution in [0.25, 0.3) is 0 Å². The van der Waals surface area contributed by atoms with Crippen molar-refractivity contribution in [2.75, 3.05) is 6.54 Å². The number of carbonyl (C=O) groups is 2. The second-order valence-corrected chi connectivity index (χ2v) is 6.69. The maximum atomic E-state index is 12.6. The third-order valence-electron chi connectivity index (χ3n) is 4.56. The van der Waals surface area contributed by atoms with E-state index in [1.165, 1.54) is 0 Å². The predicted molar refractivity (Wildman–Crippen MR) is 102 cm³/mol. The van der Waals surface area contributed by atoms with E-state index in [9.17, 15) is 19.6 Å². The molecule has 10 heteroatoms. The van der Waals surface area contributed by atoms with E-state index >= 15 is 0 Å². The average Bonchev–Trinajstić information content (AvgIpc) is 3.44. The van der Waals surface area contributed by atoms with Crippen LogP contribution in [0.5, 0.6) is 0 Å². The van der Waals surface area contributed by atoms with Gasteiger partial charge in [0.2, 0.25) is 11.8 Å². The highest BCUT2D eigenvalue weighted by molar-refractivity contribution is 6.43. The Morgan fingerprint density at radius 2 is 1.85 bits per heavy atom. The molecule has 1 aliphatic carbocycles. The third-order valence-corrected chi connectivity index (χ3v) is 4.56. The Morgan fingerprint density at radius 1 is 1.19 bits per heavy atom. The molecule has 0 heterocycles. The molecule has 1 saturated carbocycles. The Bertz CT molecular complexity index is 675. The highest BCUT2D eigenvalue weighted by Crippen LogP contribution is 2.46. The van der Waals surface area contributed by atoms with Crippen LogP contribution in [-0.4, -0.2) is 47.4 Å². The van der Waals surface area contributed by atoms with Gasteiger partial charge in [0, 0.05) is 13.1 Å². The molecule has 0 radical (unpaired) electrons. The van der Waals surface area contributed by atoms with E-state index < -0.39 is 24.4 Å². The molecule has 1 atom stereocenters. The first-order valence-corrected chi connectivity index (χ1v) is 8.90. The van der Waals surface area contributed by atoms with Crippen LogP contribution in [0.1, 0.15) is 31.2 Å². The zero-order valence-corrected chi connectivity index (χ0v) is 15.1. The fourth-order valence-electron chi connectivity index (χ4n) is 2.75. The minimum atomic E-state index is -1.74. The molecule has 27 heavy (non-hydrogen) atoms. The number of carbonyl (C=O) groups excluding carboxylic acids is 2. The summed E-state index contributed by atoms with van der Waals surface area (Å²) < 4.78 is 0. The molecule has 8 N–H and O–H groups in total. The van der Waals surface area contributed by atoms with Gasteiger partial charge in [0.1, 0.15) is 5.41 Å². The lowest BCUT2D eigenvalue weighted by molar-refractivity contribution is -0.137. The molecule has 0 aromatic heterocycles. The Balaban J connectivity index is 1.87. The van der Waals surface area contributed by atoms with Gasteiger partial charge >= 0.3 is 7.12 Å². The van der Waals surface area contributed by atoms with Crippen LogP contribution < -0.4 is 22.1 Å². The summed E-state index contributed by atoms with van der Waals surface area (Å²) in [6.07, 6.45) is 1.58. The summed E-state index contributed by atoms with van der Waals surface area (Å²) in [7, 11) is -1.74. The van der Waals surface area contributed by atoms with Crippen molar-refractivity contribution < 1.29 is 19.6 Å². The number of nitrogens with zero attached hydrogens (tertiary/aromatic N) is 1. The highest BCUT2D eigenvalue weighted by Gasteiger charge is 2.57. The molecule has 0 aliphatic heterocycles. The summed E-state index contributed by atoms with van der Waals surface area (Å²) in [5, 5.41) is 24.4. The lowest BCUT2D eigenvalue weighted by atomic mass is 9.76. The van der Waals surface area contributed by atoms with Gasteiger partial charge in [0.25, 0.3) is 0 Å². The SMILES string of the molecule is NC(N)=NCCC[C@H](NC(=O)C1(C(=O)NCc2ccccc2)CC1)B(O)O. The van der Waals surface area contributed by atoms with E-state index in [1.54, 1.807) is 0 Å².